The summed E-state index contributed by atoms with van der Waals surface area (Å²) in [4.78, 5) is 6.99. The Morgan fingerprint density at radius 1 is 1.25 bits per heavy atom. The SMILES string of the molecule is COCCNc1ccc2ccnc(N3CCCC3)c2c1. The summed E-state index contributed by atoms with van der Waals surface area (Å²) >= 11 is 0. The first-order valence-corrected chi connectivity index (χ1v) is 7.25. The van der Waals surface area contributed by atoms with Gasteiger partial charge in [-0.1, -0.05) is 6.07 Å². The van der Waals surface area contributed by atoms with Gasteiger partial charge in [-0.3, -0.25) is 0 Å². The Kier molecular flexibility index (Phi) is 4.02. The number of rotatable bonds is 5. The zero-order valence-electron chi connectivity index (χ0n) is 11.9. The van der Waals surface area contributed by atoms with Crippen LogP contribution < -0.4 is 10.2 Å². The lowest BCUT2D eigenvalue weighted by molar-refractivity contribution is 0.211. The van der Waals surface area contributed by atoms with E-state index in [0.717, 1.165) is 31.1 Å². The monoisotopic (exact) mass is 271 g/mol. The molecule has 0 bridgehead atoms. The van der Waals surface area contributed by atoms with Gasteiger partial charge in [0.05, 0.1) is 6.61 Å². The molecule has 2 heterocycles. The van der Waals surface area contributed by atoms with Crippen LogP contribution in [0.15, 0.2) is 30.5 Å². The zero-order valence-corrected chi connectivity index (χ0v) is 11.9. The summed E-state index contributed by atoms with van der Waals surface area (Å²) in [6.07, 6.45) is 4.45. The van der Waals surface area contributed by atoms with Crippen LogP contribution in [0.3, 0.4) is 0 Å². The number of methoxy groups -OCH3 is 1. The van der Waals surface area contributed by atoms with E-state index in [0.29, 0.717) is 6.61 Å². The Morgan fingerprint density at radius 2 is 2.10 bits per heavy atom. The minimum Gasteiger partial charge on any atom is -0.383 e. The van der Waals surface area contributed by atoms with Crippen molar-refractivity contribution in [2.45, 2.75) is 12.8 Å². The molecule has 4 heteroatoms. The molecule has 3 rings (SSSR count). The first-order chi connectivity index (χ1) is 9.88. The number of hydrogen-bond donors (Lipinski definition) is 1. The van der Waals surface area contributed by atoms with Crippen molar-refractivity contribution in [2.24, 2.45) is 0 Å². The number of fused-ring (bicyclic) bond motifs is 1. The second-order valence-electron chi connectivity index (χ2n) is 5.18. The second-order valence-corrected chi connectivity index (χ2v) is 5.18. The van der Waals surface area contributed by atoms with Gasteiger partial charge in [0.25, 0.3) is 0 Å². The summed E-state index contributed by atoms with van der Waals surface area (Å²) in [6, 6.07) is 8.55. The fourth-order valence-corrected chi connectivity index (χ4v) is 2.74. The van der Waals surface area contributed by atoms with Crippen LogP contribution in [0.1, 0.15) is 12.8 Å². The maximum Gasteiger partial charge on any atom is 0.136 e. The molecule has 0 saturated carbocycles. The Morgan fingerprint density at radius 3 is 2.90 bits per heavy atom. The topological polar surface area (TPSA) is 37.4 Å². The molecule has 0 radical (unpaired) electrons. The molecule has 2 aromatic rings. The van der Waals surface area contributed by atoms with E-state index in [9.17, 15) is 0 Å². The number of nitrogens with one attached hydrogen (secondary N) is 1. The van der Waals surface area contributed by atoms with Crippen molar-refractivity contribution < 1.29 is 4.74 Å². The molecule has 1 fully saturated rings. The highest BCUT2D eigenvalue weighted by Gasteiger charge is 2.16. The normalized spacial score (nSPS) is 14.9. The Hall–Kier alpha value is -1.81. The number of nitrogens with zero attached hydrogens (tertiary/aromatic N) is 2. The van der Waals surface area contributed by atoms with E-state index in [2.05, 4.69) is 39.5 Å². The Bertz CT molecular complexity index is 579. The van der Waals surface area contributed by atoms with Crippen LogP contribution in [0.4, 0.5) is 11.5 Å². The third kappa shape index (κ3) is 2.70. The van der Waals surface area contributed by atoms with Crippen molar-refractivity contribution in [3.05, 3.63) is 30.5 Å². The third-order valence-electron chi connectivity index (χ3n) is 3.79. The number of aromatic nitrogens is 1. The van der Waals surface area contributed by atoms with E-state index in [1.807, 2.05) is 6.20 Å². The van der Waals surface area contributed by atoms with Crippen LogP contribution in [-0.2, 0) is 4.74 Å². The smallest absolute Gasteiger partial charge is 0.136 e. The van der Waals surface area contributed by atoms with Crippen LogP contribution in [-0.4, -0.2) is 38.3 Å². The van der Waals surface area contributed by atoms with Crippen molar-refractivity contribution in [1.82, 2.24) is 4.98 Å². The van der Waals surface area contributed by atoms with Gasteiger partial charge in [0, 0.05) is 44.0 Å². The van der Waals surface area contributed by atoms with Gasteiger partial charge in [0.1, 0.15) is 5.82 Å². The van der Waals surface area contributed by atoms with E-state index < -0.39 is 0 Å². The highest BCUT2D eigenvalue weighted by molar-refractivity contribution is 5.94. The third-order valence-corrected chi connectivity index (χ3v) is 3.79. The minimum absolute atomic E-state index is 0.712. The standard InChI is InChI=1S/C16H21N3O/c1-20-11-8-17-14-5-4-13-6-7-18-16(15(13)12-14)19-9-2-3-10-19/h4-7,12,17H,2-3,8-11H2,1H3. The molecule has 106 valence electrons. The van der Waals surface area contributed by atoms with Gasteiger partial charge in [-0.2, -0.15) is 0 Å². The number of pyridine rings is 1. The fourth-order valence-electron chi connectivity index (χ4n) is 2.74. The molecule has 0 amide bonds. The number of benzene rings is 1. The molecule has 0 spiro atoms. The molecule has 1 aromatic carbocycles. The highest BCUT2D eigenvalue weighted by Crippen LogP contribution is 2.29. The van der Waals surface area contributed by atoms with Crippen molar-refractivity contribution >= 4 is 22.3 Å². The van der Waals surface area contributed by atoms with Gasteiger partial charge in [0.2, 0.25) is 0 Å². The van der Waals surface area contributed by atoms with Gasteiger partial charge in [-0.25, -0.2) is 4.98 Å². The van der Waals surface area contributed by atoms with Gasteiger partial charge in [0.15, 0.2) is 0 Å². The van der Waals surface area contributed by atoms with Gasteiger partial charge in [-0.05, 0) is 36.4 Å². The fraction of sp³-hybridized carbons (Fsp3) is 0.438. The Labute approximate surface area is 119 Å². The maximum atomic E-state index is 5.07. The van der Waals surface area contributed by atoms with E-state index in [4.69, 9.17) is 4.74 Å². The van der Waals surface area contributed by atoms with Crippen LogP contribution in [0.2, 0.25) is 0 Å². The van der Waals surface area contributed by atoms with Crippen LogP contribution in [0, 0.1) is 0 Å². The lowest BCUT2D eigenvalue weighted by Gasteiger charge is -2.19. The molecule has 0 aliphatic carbocycles. The van der Waals surface area contributed by atoms with E-state index in [1.165, 1.54) is 23.6 Å². The van der Waals surface area contributed by atoms with Crippen LogP contribution in [0.5, 0.6) is 0 Å². The molecule has 20 heavy (non-hydrogen) atoms. The van der Waals surface area contributed by atoms with E-state index >= 15 is 0 Å². The summed E-state index contributed by atoms with van der Waals surface area (Å²) in [6.45, 7) is 3.77. The maximum absolute atomic E-state index is 5.07. The summed E-state index contributed by atoms with van der Waals surface area (Å²) in [5, 5.41) is 5.87. The molecule has 1 aliphatic rings. The molecule has 0 atom stereocenters. The summed E-state index contributed by atoms with van der Waals surface area (Å²) in [7, 11) is 1.72. The van der Waals surface area contributed by atoms with Crippen LogP contribution in [0.25, 0.3) is 10.8 Å². The first-order valence-electron chi connectivity index (χ1n) is 7.25. The quantitative estimate of drug-likeness (QED) is 0.849. The lowest BCUT2D eigenvalue weighted by Crippen LogP contribution is -2.19. The van der Waals surface area contributed by atoms with Gasteiger partial charge in [-0.15, -0.1) is 0 Å². The first kappa shape index (κ1) is 13.2. The number of anilines is 2. The van der Waals surface area contributed by atoms with Crippen molar-refractivity contribution in [3.8, 4) is 0 Å². The second kappa shape index (κ2) is 6.09. The summed E-state index contributed by atoms with van der Waals surface area (Å²) in [5.41, 5.74) is 1.13. The molecule has 1 N–H and O–H groups in total. The van der Waals surface area contributed by atoms with E-state index in [-0.39, 0.29) is 0 Å². The van der Waals surface area contributed by atoms with Crippen LogP contribution >= 0.6 is 0 Å². The molecule has 4 nitrogen and oxygen atoms in total. The zero-order chi connectivity index (χ0) is 13.8. The largest absolute Gasteiger partial charge is 0.383 e. The average Bonchev–Trinajstić information content (AvgIpc) is 3.01. The molecule has 1 aromatic heterocycles. The van der Waals surface area contributed by atoms with Crippen molar-refractivity contribution in [3.63, 3.8) is 0 Å². The Balaban J connectivity index is 1.91. The van der Waals surface area contributed by atoms with Crippen molar-refractivity contribution in [2.75, 3.05) is 43.6 Å². The lowest BCUT2D eigenvalue weighted by atomic mass is 10.1. The van der Waals surface area contributed by atoms with Gasteiger partial charge >= 0.3 is 0 Å². The molecular weight excluding hydrogens is 250 g/mol. The van der Waals surface area contributed by atoms with Gasteiger partial charge < -0.3 is 15.0 Å². The number of ether oxygens (including phenoxy) is 1. The molecule has 0 unspecified atom stereocenters. The summed E-state index contributed by atoms with van der Waals surface area (Å²) in [5.74, 6) is 1.12. The minimum atomic E-state index is 0.712. The predicted molar refractivity (Wildman–Crippen MR) is 83.6 cm³/mol. The molecule has 1 aliphatic heterocycles. The average molecular weight is 271 g/mol. The van der Waals surface area contributed by atoms with Crippen molar-refractivity contribution in [1.29, 1.82) is 0 Å². The summed E-state index contributed by atoms with van der Waals surface area (Å²) < 4.78 is 5.07. The highest BCUT2D eigenvalue weighted by atomic mass is 16.5. The van der Waals surface area contributed by atoms with E-state index in [1.54, 1.807) is 7.11 Å². The predicted octanol–water partition coefficient (Wildman–Crippen LogP) is 2.89. The number of hydrogen-bond acceptors (Lipinski definition) is 4. The molecule has 1 saturated heterocycles. The molecular formula is C16H21N3O.